The van der Waals surface area contributed by atoms with E-state index in [0.717, 1.165) is 0 Å². The quantitative estimate of drug-likeness (QED) is 0.739. The number of likely N-dealkylation sites (tertiary alicyclic amines) is 1. The van der Waals surface area contributed by atoms with Gasteiger partial charge in [-0.05, 0) is 45.8 Å². The monoisotopic (exact) mass is 207 g/mol. The predicted octanol–water partition coefficient (Wildman–Crippen LogP) is 2.01. The summed E-state index contributed by atoms with van der Waals surface area (Å²) in [6, 6.07) is 2.85. The van der Waals surface area contributed by atoms with Crippen molar-refractivity contribution in [3.05, 3.63) is 18.0 Å². The highest BCUT2D eigenvalue weighted by atomic mass is 15.2. The summed E-state index contributed by atoms with van der Waals surface area (Å²) < 4.78 is 1.91. The molecule has 0 spiro atoms. The molecule has 1 saturated heterocycles. The van der Waals surface area contributed by atoms with Crippen LogP contribution in [0.25, 0.3) is 0 Å². The fourth-order valence-corrected chi connectivity index (χ4v) is 2.36. The third-order valence-electron chi connectivity index (χ3n) is 3.41. The molecule has 1 aromatic heterocycles. The Labute approximate surface area is 92.1 Å². The summed E-state index contributed by atoms with van der Waals surface area (Å²) in [5.41, 5.74) is 1.28. The van der Waals surface area contributed by atoms with Crippen LogP contribution in [0.5, 0.6) is 0 Å². The standard InChI is InChI=1S/C12H21N3/c1-10(2)15-8-4-11(5-9-15)12-6-7-14(3)13-12/h6-7,10-11H,4-5,8-9H2,1-3H3. The van der Waals surface area contributed by atoms with Gasteiger partial charge in [-0.25, -0.2) is 0 Å². The summed E-state index contributed by atoms with van der Waals surface area (Å²) in [6.45, 7) is 7.00. The van der Waals surface area contributed by atoms with Gasteiger partial charge in [0.15, 0.2) is 0 Å². The van der Waals surface area contributed by atoms with Crippen LogP contribution >= 0.6 is 0 Å². The van der Waals surface area contributed by atoms with Gasteiger partial charge in [0, 0.05) is 25.2 Å². The SMILES string of the molecule is CC(C)N1CCC(c2ccn(C)n2)CC1. The maximum atomic E-state index is 4.50. The number of aryl methyl sites for hydroxylation is 1. The van der Waals surface area contributed by atoms with Crippen molar-refractivity contribution in [3.63, 3.8) is 0 Å². The smallest absolute Gasteiger partial charge is 0.0656 e. The second-order valence-corrected chi connectivity index (χ2v) is 4.82. The van der Waals surface area contributed by atoms with Crippen LogP contribution in [-0.4, -0.2) is 33.8 Å². The molecule has 0 bridgehead atoms. The van der Waals surface area contributed by atoms with Crippen LogP contribution in [0.1, 0.15) is 38.3 Å². The number of nitrogens with zero attached hydrogens (tertiary/aromatic N) is 3. The van der Waals surface area contributed by atoms with Gasteiger partial charge in [0.1, 0.15) is 0 Å². The van der Waals surface area contributed by atoms with Crippen molar-refractivity contribution in [2.24, 2.45) is 7.05 Å². The van der Waals surface area contributed by atoms with Gasteiger partial charge in [-0.2, -0.15) is 5.10 Å². The molecular formula is C12H21N3. The highest BCUT2D eigenvalue weighted by Crippen LogP contribution is 2.27. The normalized spacial score (nSPS) is 20.0. The second kappa shape index (κ2) is 4.35. The molecule has 0 aliphatic carbocycles. The van der Waals surface area contributed by atoms with Gasteiger partial charge in [-0.15, -0.1) is 0 Å². The van der Waals surface area contributed by atoms with E-state index in [1.54, 1.807) is 0 Å². The Morgan fingerprint density at radius 2 is 2.00 bits per heavy atom. The minimum atomic E-state index is 0.682. The summed E-state index contributed by atoms with van der Waals surface area (Å²) in [7, 11) is 1.99. The average molecular weight is 207 g/mol. The Morgan fingerprint density at radius 3 is 2.47 bits per heavy atom. The van der Waals surface area contributed by atoms with Crippen LogP contribution in [0, 0.1) is 0 Å². The van der Waals surface area contributed by atoms with E-state index in [1.165, 1.54) is 31.6 Å². The van der Waals surface area contributed by atoms with Gasteiger partial charge in [-0.1, -0.05) is 0 Å². The van der Waals surface area contributed by atoms with Crippen LogP contribution < -0.4 is 0 Å². The summed E-state index contributed by atoms with van der Waals surface area (Å²) in [4.78, 5) is 2.55. The molecule has 84 valence electrons. The highest BCUT2D eigenvalue weighted by Gasteiger charge is 2.23. The molecule has 1 aromatic rings. The lowest BCUT2D eigenvalue weighted by atomic mass is 9.93. The summed E-state index contributed by atoms with van der Waals surface area (Å²) >= 11 is 0. The van der Waals surface area contributed by atoms with Crippen molar-refractivity contribution < 1.29 is 0 Å². The Balaban J connectivity index is 1.93. The largest absolute Gasteiger partial charge is 0.301 e. The van der Waals surface area contributed by atoms with Crippen molar-refractivity contribution >= 4 is 0 Å². The van der Waals surface area contributed by atoms with Crippen LogP contribution in [0.2, 0.25) is 0 Å². The minimum Gasteiger partial charge on any atom is -0.301 e. The molecule has 0 atom stereocenters. The predicted molar refractivity (Wildman–Crippen MR) is 61.9 cm³/mol. The summed E-state index contributed by atoms with van der Waals surface area (Å²) in [6.07, 6.45) is 4.56. The first-order valence-electron chi connectivity index (χ1n) is 5.90. The second-order valence-electron chi connectivity index (χ2n) is 4.82. The van der Waals surface area contributed by atoms with E-state index in [1.807, 2.05) is 17.9 Å². The van der Waals surface area contributed by atoms with Gasteiger partial charge in [-0.3, -0.25) is 4.68 Å². The fourth-order valence-electron chi connectivity index (χ4n) is 2.36. The van der Waals surface area contributed by atoms with E-state index in [9.17, 15) is 0 Å². The van der Waals surface area contributed by atoms with Gasteiger partial charge >= 0.3 is 0 Å². The number of hydrogen-bond donors (Lipinski definition) is 0. The van der Waals surface area contributed by atoms with E-state index >= 15 is 0 Å². The zero-order chi connectivity index (χ0) is 10.8. The van der Waals surface area contributed by atoms with Crippen molar-refractivity contribution in [1.29, 1.82) is 0 Å². The topological polar surface area (TPSA) is 21.1 Å². The lowest BCUT2D eigenvalue weighted by molar-refractivity contribution is 0.170. The highest BCUT2D eigenvalue weighted by molar-refractivity contribution is 5.07. The molecule has 1 aliphatic rings. The van der Waals surface area contributed by atoms with Crippen molar-refractivity contribution in [2.45, 2.75) is 38.6 Å². The van der Waals surface area contributed by atoms with Gasteiger partial charge in [0.05, 0.1) is 5.69 Å². The van der Waals surface area contributed by atoms with Crippen molar-refractivity contribution in [2.75, 3.05) is 13.1 Å². The number of hydrogen-bond acceptors (Lipinski definition) is 2. The molecule has 0 N–H and O–H groups in total. The van der Waals surface area contributed by atoms with E-state index in [0.29, 0.717) is 12.0 Å². The number of piperidine rings is 1. The van der Waals surface area contributed by atoms with Crippen LogP contribution in [0.15, 0.2) is 12.3 Å². The molecule has 0 saturated carbocycles. The molecule has 0 unspecified atom stereocenters. The number of rotatable bonds is 2. The van der Waals surface area contributed by atoms with Crippen LogP contribution in [0.3, 0.4) is 0 Å². The van der Waals surface area contributed by atoms with Gasteiger partial charge in [0.25, 0.3) is 0 Å². The van der Waals surface area contributed by atoms with E-state index < -0.39 is 0 Å². The van der Waals surface area contributed by atoms with E-state index in [-0.39, 0.29) is 0 Å². The maximum Gasteiger partial charge on any atom is 0.0656 e. The summed E-state index contributed by atoms with van der Waals surface area (Å²) in [5, 5.41) is 4.50. The molecule has 15 heavy (non-hydrogen) atoms. The number of aromatic nitrogens is 2. The van der Waals surface area contributed by atoms with Crippen LogP contribution in [0.4, 0.5) is 0 Å². The molecule has 1 fully saturated rings. The minimum absolute atomic E-state index is 0.682. The first kappa shape index (κ1) is 10.7. The van der Waals surface area contributed by atoms with E-state index in [4.69, 9.17) is 0 Å². The Morgan fingerprint density at radius 1 is 1.33 bits per heavy atom. The average Bonchev–Trinajstić information content (AvgIpc) is 2.65. The van der Waals surface area contributed by atoms with Crippen LogP contribution in [-0.2, 0) is 7.05 Å². The third kappa shape index (κ3) is 2.40. The Kier molecular flexibility index (Phi) is 3.10. The lowest BCUT2D eigenvalue weighted by Gasteiger charge is -2.33. The van der Waals surface area contributed by atoms with E-state index in [2.05, 4.69) is 29.9 Å². The molecule has 3 heteroatoms. The molecule has 0 aromatic carbocycles. The molecule has 2 rings (SSSR count). The molecular weight excluding hydrogens is 186 g/mol. The molecule has 1 aliphatic heterocycles. The fraction of sp³-hybridized carbons (Fsp3) is 0.750. The third-order valence-corrected chi connectivity index (χ3v) is 3.41. The maximum absolute atomic E-state index is 4.50. The van der Waals surface area contributed by atoms with Gasteiger partial charge in [0.2, 0.25) is 0 Å². The first-order valence-corrected chi connectivity index (χ1v) is 5.90. The van der Waals surface area contributed by atoms with Crippen molar-refractivity contribution in [1.82, 2.24) is 14.7 Å². The van der Waals surface area contributed by atoms with Gasteiger partial charge < -0.3 is 4.90 Å². The zero-order valence-electron chi connectivity index (χ0n) is 9.98. The summed E-state index contributed by atoms with van der Waals surface area (Å²) in [5.74, 6) is 0.682. The molecule has 0 amide bonds. The molecule has 2 heterocycles. The Hall–Kier alpha value is -0.830. The Bertz CT molecular complexity index is 308. The first-order chi connectivity index (χ1) is 7.16. The van der Waals surface area contributed by atoms with Crippen molar-refractivity contribution in [3.8, 4) is 0 Å². The zero-order valence-corrected chi connectivity index (χ0v) is 9.98. The molecule has 0 radical (unpaired) electrons. The molecule has 3 nitrogen and oxygen atoms in total. The lowest BCUT2D eigenvalue weighted by Crippen LogP contribution is -2.37.